The van der Waals surface area contributed by atoms with E-state index in [-0.39, 0.29) is 0 Å². The van der Waals surface area contributed by atoms with E-state index in [1.165, 1.54) is 103 Å². The van der Waals surface area contributed by atoms with Crippen molar-refractivity contribution < 1.29 is 0 Å². The Morgan fingerprint density at radius 1 is 0.543 bits per heavy atom. The van der Waals surface area contributed by atoms with E-state index in [2.05, 4.69) is 100 Å². The topological polar surface area (TPSA) is 0 Å². The third kappa shape index (κ3) is 4.93. The van der Waals surface area contributed by atoms with Crippen LogP contribution in [0.3, 0.4) is 0 Å². The lowest BCUT2D eigenvalue weighted by Crippen LogP contribution is -1.88. The first kappa shape index (κ1) is 23.8. The van der Waals surface area contributed by atoms with E-state index < -0.39 is 0 Å². The summed E-state index contributed by atoms with van der Waals surface area (Å²) in [7, 11) is 0. The molecule has 0 saturated carbocycles. The highest BCUT2D eigenvalue weighted by atomic mass is 32.1. The van der Waals surface area contributed by atoms with Crippen molar-refractivity contribution in [2.24, 2.45) is 0 Å². The minimum Gasteiger partial charge on any atom is -0.135 e. The molecule has 0 atom stereocenters. The molecule has 0 nitrogen and oxygen atoms in total. The van der Waals surface area contributed by atoms with Crippen LogP contribution in [0.15, 0.2) is 72.8 Å². The zero-order valence-corrected chi connectivity index (χ0v) is 22.4. The normalized spacial score (nSPS) is 11.5. The molecule has 0 bridgehead atoms. The fourth-order valence-electron chi connectivity index (χ4n) is 5.16. The molecule has 4 aromatic carbocycles. The summed E-state index contributed by atoms with van der Waals surface area (Å²) >= 11 is 1.92. The lowest BCUT2D eigenvalue weighted by Gasteiger charge is -2.10. The number of hydrogen-bond acceptors (Lipinski definition) is 1. The van der Waals surface area contributed by atoms with Crippen LogP contribution in [-0.2, 0) is 12.8 Å². The molecule has 0 spiro atoms. The molecule has 5 rings (SSSR count). The molecular formula is C34H36S. The lowest BCUT2D eigenvalue weighted by atomic mass is 9.94. The fourth-order valence-corrected chi connectivity index (χ4v) is 6.42. The number of rotatable bonds is 8. The van der Waals surface area contributed by atoms with Crippen molar-refractivity contribution in [2.75, 3.05) is 0 Å². The summed E-state index contributed by atoms with van der Waals surface area (Å²) in [5.74, 6) is 0. The van der Waals surface area contributed by atoms with Crippen LogP contribution in [0.1, 0.15) is 61.8 Å². The number of benzene rings is 4. The van der Waals surface area contributed by atoms with Crippen LogP contribution in [0.4, 0.5) is 0 Å². The highest BCUT2D eigenvalue weighted by molar-refractivity contribution is 7.25. The van der Waals surface area contributed by atoms with Crippen LogP contribution < -0.4 is 0 Å². The minimum atomic E-state index is 1.17. The zero-order valence-electron chi connectivity index (χ0n) is 21.6. The first-order chi connectivity index (χ1) is 17.1. The van der Waals surface area contributed by atoms with Crippen molar-refractivity contribution in [1.29, 1.82) is 0 Å². The predicted molar refractivity (Wildman–Crippen MR) is 157 cm³/mol. The smallest absolute Gasteiger partial charge is 0.0358 e. The third-order valence-electron chi connectivity index (χ3n) is 7.33. The quantitative estimate of drug-likeness (QED) is 0.209. The van der Waals surface area contributed by atoms with Crippen molar-refractivity contribution in [2.45, 2.75) is 66.2 Å². The monoisotopic (exact) mass is 476 g/mol. The maximum absolute atomic E-state index is 2.43. The van der Waals surface area contributed by atoms with Crippen molar-refractivity contribution >= 4 is 31.5 Å². The maximum atomic E-state index is 2.43. The highest BCUT2D eigenvalue weighted by Crippen LogP contribution is 2.41. The third-order valence-corrected chi connectivity index (χ3v) is 8.45. The van der Waals surface area contributed by atoms with Crippen LogP contribution in [0, 0.1) is 13.8 Å². The Morgan fingerprint density at radius 2 is 0.943 bits per heavy atom. The van der Waals surface area contributed by atoms with E-state index in [0.717, 1.165) is 0 Å². The summed E-state index contributed by atoms with van der Waals surface area (Å²) in [4.78, 5) is 0. The van der Waals surface area contributed by atoms with Crippen LogP contribution >= 0.6 is 11.3 Å². The summed E-state index contributed by atoms with van der Waals surface area (Å²) in [5.41, 5.74) is 10.9. The second-order valence-electron chi connectivity index (χ2n) is 10.0. The molecule has 0 fully saturated rings. The van der Waals surface area contributed by atoms with Gasteiger partial charge < -0.3 is 0 Å². The fraction of sp³-hybridized carbons (Fsp3) is 0.294. The molecule has 0 aliphatic rings. The van der Waals surface area contributed by atoms with Gasteiger partial charge in [-0.25, -0.2) is 0 Å². The summed E-state index contributed by atoms with van der Waals surface area (Å²) in [6.07, 6.45) is 7.35. The zero-order chi connectivity index (χ0) is 24.4. The molecule has 1 heteroatoms. The van der Waals surface area contributed by atoms with Gasteiger partial charge in [-0.05, 0) is 108 Å². The van der Waals surface area contributed by atoms with E-state index in [0.29, 0.717) is 0 Å². The minimum absolute atomic E-state index is 1.17. The Kier molecular flexibility index (Phi) is 7.07. The van der Waals surface area contributed by atoms with Gasteiger partial charge in [-0.3, -0.25) is 0 Å². The van der Waals surface area contributed by atoms with E-state index in [1.54, 1.807) is 0 Å². The molecule has 5 aromatic rings. The first-order valence-corrected chi connectivity index (χ1v) is 14.0. The van der Waals surface area contributed by atoms with Gasteiger partial charge >= 0.3 is 0 Å². The van der Waals surface area contributed by atoms with Crippen LogP contribution in [0.5, 0.6) is 0 Å². The van der Waals surface area contributed by atoms with E-state index in [9.17, 15) is 0 Å². The Balaban J connectivity index is 1.56. The Morgan fingerprint density at radius 3 is 1.31 bits per heavy atom. The van der Waals surface area contributed by atoms with Gasteiger partial charge in [-0.15, -0.1) is 11.3 Å². The lowest BCUT2D eigenvalue weighted by molar-refractivity contribution is 0.795. The van der Waals surface area contributed by atoms with Crippen LogP contribution in [0.2, 0.25) is 0 Å². The molecule has 0 radical (unpaired) electrons. The molecular weight excluding hydrogens is 440 g/mol. The Hall–Kier alpha value is -2.90. The number of unbranched alkanes of at least 4 members (excludes halogenated alkanes) is 2. The second kappa shape index (κ2) is 10.4. The van der Waals surface area contributed by atoms with Gasteiger partial charge in [0, 0.05) is 20.2 Å². The summed E-state index contributed by atoms with van der Waals surface area (Å²) in [6, 6.07) is 28.1. The van der Waals surface area contributed by atoms with Crippen molar-refractivity contribution in [3.8, 4) is 22.3 Å². The standard InChI is InChI=1S/C34H36S/c1-5-7-9-25-11-15-27(16-12-25)29-21-31-32-22-30(28-17-13-26(14-18-28)10-8-6-2)24(4)20-34(32)35-33(31)19-23(29)3/h11-22H,5-10H2,1-4H3. The van der Waals surface area contributed by atoms with Gasteiger partial charge in [-0.2, -0.15) is 0 Å². The number of fused-ring (bicyclic) bond motifs is 3. The summed E-state index contributed by atoms with van der Waals surface area (Å²) < 4.78 is 2.76. The number of hydrogen-bond donors (Lipinski definition) is 0. The highest BCUT2D eigenvalue weighted by Gasteiger charge is 2.13. The largest absolute Gasteiger partial charge is 0.135 e. The molecule has 0 unspecified atom stereocenters. The predicted octanol–water partition coefficient (Wildman–Crippen LogP) is 10.7. The average Bonchev–Trinajstić information content (AvgIpc) is 3.21. The van der Waals surface area contributed by atoms with Crippen LogP contribution in [0.25, 0.3) is 42.4 Å². The van der Waals surface area contributed by atoms with Crippen molar-refractivity contribution in [1.82, 2.24) is 0 Å². The molecule has 35 heavy (non-hydrogen) atoms. The average molecular weight is 477 g/mol. The second-order valence-corrected chi connectivity index (χ2v) is 11.1. The van der Waals surface area contributed by atoms with Gasteiger partial charge in [-0.1, -0.05) is 75.2 Å². The Bertz CT molecular complexity index is 1340. The van der Waals surface area contributed by atoms with Gasteiger partial charge in [0.2, 0.25) is 0 Å². The van der Waals surface area contributed by atoms with Crippen molar-refractivity contribution in [3.05, 3.63) is 95.1 Å². The van der Waals surface area contributed by atoms with E-state index in [1.807, 2.05) is 11.3 Å². The molecule has 0 amide bonds. The Labute approximate surface area is 214 Å². The maximum Gasteiger partial charge on any atom is 0.0358 e. The van der Waals surface area contributed by atoms with E-state index in [4.69, 9.17) is 0 Å². The molecule has 0 aliphatic heterocycles. The SMILES string of the molecule is CCCCc1ccc(-c2cc3c(cc2C)sc2cc(C)c(-c4ccc(CCCC)cc4)cc23)cc1. The molecule has 1 heterocycles. The molecule has 1 aromatic heterocycles. The van der Waals surface area contributed by atoms with Gasteiger partial charge in [0.15, 0.2) is 0 Å². The molecule has 0 aliphatic carbocycles. The van der Waals surface area contributed by atoms with Crippen LogP contribution in [-0.4, -0.2) is 0 Å². The molecule has 178 valence electrons. The summed E-state index contributed by atoms with van der Waals surface area (Å²) in [5, 5.41) is 2.75. The number of thiophene rings is 1. The first-order valence-electron chi connectivity index (χ1n) is 13.2. The van der Waals surface area contributed by atoms with Gasteiger partial charge in [0.1, 0.15) is 0 Å². The molecule has 0 N–H and O–H groups in total. The van der Waals surface area contributed by atoms with Gasteiger partial charge in [0.05, 0.1) is 0 Å². The van der Waals surface area contributed by atoms with E-state index >= 15 is 0 Å². The number of aryl methyl sites for hydroxylation is 4. The summed E-state index contributed by atoms with van der Waals surface area (Å²) in [6.45, 7) is 9.02. The van der Waals surface area contributed by atoms with Crippen molar-refractivity contribution in [3.63, 3.8) is 0 Å². The van der Waals surface area contributed by atoms with Gasteiger partial charge in [0.25, 0.3) is 0 Å². The molecule has 0 saturated heterocycles.